The van der Waals surface area contributed by atoms with Crippen molar-refractivity contribution in [3.8, 4) is 11.5 Å². The van der Waals surface area contributed by atoms with Crippen molar-refractivity contribution < 1.29 is 23.8 Å². The molecule has 1 aromatic carbocycles. The second-order valence-corrected chi connectivity index (χ2v) is 5.52. The van der Waals surface area contributed by atoms with E-state index < -0.39 is 5.97 Å². The first kappa shape index (κ1) is 15.4. The molecule has 0 saturated carbocycles. The number of ether oxygens (including phenoxy) is 2. The van der Waals surface area contributed by atoms with Gasteiger partial charge in [-0.2, -0.15) is 0 Å². The van der Waals surface area contributed by atoms with Gasteiger partial charge in [0.05, 0.1) is 12.8 Å². The Kier molecular flexibility index (Phi) is 4.52. The number of aliphatic carboxylic acids is 1. The van der Waals surface area contributed by atoms with Crippen LogP contribution in [0.4, 0.5) is 0 Å². The van der Waals surface area contributed by atoms with E-state index in [0.29, 0.717) is 32.1 Å². The Hall–Kier alpha value is -2.47. The van der Waals surface area contributed by atoms with E-state index in [2.05, 4.69) is 0 Å². The van der Waals surface area contributed by atoms with E-state index in [4.69, 9.17) is 19.0 Å². The van der Waals surface area contributed by atoms with Gasteiger partial charge in [-0.15, -0.1) is 0 Å². The monoisotopic (exact) mass is 317 g/mol. The summed E-state index contributed by atoms with van der Waals surface area (Å²) in [7, 11) is 0. The fourth-order valence-electron chi connectivity index (χ4n) is 2.62. The lowest BCUT2D eigenvalue weighted by Gasteiger charge is -2.22. The van der Waals surface area contributed by atoms with Crippen LogP contribution in [0.2, 0.25) is 0 Å². The number of benzene rings is 1. The molecule has 1 aliphatic heterocycles. The zero-order valence-corrected chi connectivity index (χ0v) is 12.9. The van der Waals surface area contributed by atoms with Crippen LogP contribution in [0.1, 0.15) is 16.9 Å². The molecule has 0 spiro atoms. The third kappa shape index (κ3) is 3.84. The quantitative estimate of drug-likeness (QED) is 0.882. The molecule has 0 aliphatic carbocycles. The van der Waals surface area contributed by atoms with Crippen LogP contribution >= 0.6 is 0 Å². The summed E-state index contributed by atoms with van der Waals surface area (Å²) in [6.45, 7) is 3.94. The van der Waals surface area contributed by atoms with Crippen LogP contribution < -0.4 is 9.47 Å². The molecule has 0 saturated heterocycles. The summed E-state index contributed by atoms with van der Waals surface area (Å²) in [5.74, 6) is 1.39. The zero-order valence-electron chi connectivity index (χ0n) is 12.9. The summed E-state index contributed by atoms with van der Waals surface area (Å²) in [6.07, 6.45) is 1.62. The molecule has 2 aromatic rings. The van der Waals surface area contributed by atoms with E-state index in [1.165, 1.54) is 0 Å². The second-order valence-electron chi connectivity index (χ2n) is 5.52. The SMILES string of the molecule is Cc1occc1CN(CC(=O)O)Cc1ccc2c(c1)OCCO2. The van der Waals surface area contributed by atoms with E-state index in [9.17, 15) is 4.79 Å². The first-order chi connectivity index (χ1) is 11.1. The first-order valence-electron chi connectivity index (χ1n) is 7.47. The van der Waals surface area contributed by atoms with Gasteiger partial charge >= 0.3 is 5.97 Å². The average Bonchev–Trinajstić information content (AvgIpc) is 2.91. The number of nitrogens with zero attached hydrogens (tertiary/aromatic N) is 1. The summed E-state index contributed by atoms with van der Waals surface area (Å²) in [5.41, 5.74) is 1.97. The number of hydrogen-bond donors (Lipinski definition) is 1. The van der Waals surface area contributed by atoms with Gasteiger partial charge in [0.2, 0.25) is 0 Å². The highest BCUT2D eigenvalue weighted by Gasteiger charge is 2.16. The minimum Gasteiger partial charge on any atom is -0.486 e. The fraction of sp³-hybridized carbons (Fsp3) is 0.353. The topological polar surface area (TPSA) is 72.1 Å². The summed E-state index contributed by atoms with van der Waals surface area (Å²) in [4.78, 5) is 13.0. The van der Waals surface area contributed by atoms with Gasteiger partial charge in [0.25, 0.3) is 0 Å². The average molecular weight is 317 g/mol. The number of rotatable bonds is 6. The normalized spacial score (nSPS) is 13.3. The van der Waals surface area contributed by atoms with Crippen molar-refractivity contribution in [2.75, 3.05) is 19.8 Å². The molecule has 0 radical (unpaired) electrons. The molecule has 6 nitrogen and oxygen atoms in total. The van der Waals surface area contributed by atoms with Crippen LogP contribution in [0, 0.1) is 6.92 Å². The van der Waals surface area contributed by atoms with Crippen molar-refractivity contribution in [3.05, 3.63) is 47.4 Å². The van der Waals surface area contributed by atoms with E-state index in [0.717, 1.165) is 22.6 Å². The predicted molar refractivity (Wildman–Crippen MR) is 82.6 cm³/mol. The van der Waals surface area contributed by atoms with Crippen LogP contribution in [0.15, 0.2) is 34.9 Å². The summed E-state index contributed by atoms with van der Waals surface area (Å²) < 4.78 is 16.4. The van der Waals surface area contributed by atoms with E-state index in [1.807, 2.05) is 36.1 Å². The van der Waals surface area contributed by atoms with Crippen molar-refractivity contribution in [2.45, 2.75) is 20.0 Å². The minimum absolute atomic E-state index is 0.0426. The molecule has 0 bridgehead atoms. The largest absolute Gasteiger partial charge is 0.486 e. The van der Waals surface area contributed by atoms with Gasteiger partial charge < -0.3 is 19.0 Å². The smallest absolute Gasteiger partial charge is 0.317 e. The maximum absolute atomic E-state index is 11.1. The van der Waals surface area contributed by atoms with Crippen molar-refractivity contribution in [2.24, 2.45) is 0 Å². The molecule has 122 valence electrons. The van der Waals surface area contributed by atoms with Crippen LogP contribution in [-0.4, -0.2) is 35.7 Å². The molecule has 23 heavy (non-hydrogen) atoms. The highest BCUT2D eigenvalue weighted by molar-refractivity contribution is 5.69. The van der Waals surface area contributed by atoms with Crippen molar-refractivity contribution >= 4 is 5.97 Å². The summed E-state index contributed by atoms with van der Waals surface area (Å²) in [6, 6.07) is 7.58. The summed E-state index contributed by atoms with van der Waals surface area (Å²) >= 11 is 0. The number of carbonyl (C=O) groups is 1. The van der Waals surface area contributed by atoms with Gasteiger partial charge in [0.1, 0.15) is 19.0 Å². The number of hydrogen-bond acceptors (Lipinski definition) is 5. The fourth-order valence-corrected chi connectivity index (χ4v) is 2.62. The Morgan fingerprint density at radius 2 is 1.96 bits per heavy atom. The number of furan rings is 1. The number of aryl methyl sites for hydroxylation is 1. The highest BCUT2D eigenvalue weighted by Crippen LogP contribution is 2.31. The van der Waals surface area contributed by atoms with Gasteiger partial charge in [0, 0.05) is 18.7 Å². The Morgan fingerprint density at radius 3 is 2.65 bits per heavy atom. The van der Waals surface area contributed by atoms with Crippen molar-refractivity contribution in [1.82, 2.24) is 4.90 Å². The molecule has 0 atom stereocenters. The standard InChI is InChI=1S/C17H19NO5/c1-12-14(4-5-21-12)10-18(11-17(19)20)9-13-2-3-15-16(8-13)23-7-6-22-15/h2-5,8H,6-7,9-11H2,1H3,(H,19,20). The highest BCUT2D eigenvalue weighted by atomic mass is 16.6. The maximum Gasteiger partial charge on any atom is 0.317 e. The lowest BCUT2D eigenvalue weighted by Crippen LogP contribution is -2.29. The van der Waals surface area contributed by atoms with Gasteiger partial charge in [-0.25, -0.2) is 0 Å². The molecule has 0 fully saturated rings. The lowest BCUT2D eigenvalue weighted by molar-refractivity contribution is -0.138. The number of carboxylic acids is 1. The van der Waals surface area contributed by atoms with Crippen LogP contribution in [0.3, 0.4) is 0 Å². The second kappa shape index (κ2) is 6.75. The van der Waals surface area contributed by atoms with Crippen LogP contribution in [0.5, 0.6) is 11.5 Å². The summed E-state index contributed by atoms with van der Waals surface area (Å²) in [5, 5.41) is 9.14. The Morgan fingerprint density at radius 1 is 1.17 bits per heavy atom. The molecule has 6 heteroatoms. The molecular formula is C17H19NO5. The van der Waals surface area contributed by atoms with Crippen LogP contribution in [0.25, 0.3) is 0 Å². The third-order valence-corrected chi connectivity index (χ3v) is 3.73. The third-order valence-electron chi connectivity index (χ3n) is 3.73. The molecule has 1 N–H and O–H groups in total. The molecular weight excluding hydrogens is 298 g/mol. The van der Waals surface area contributed by atoms with Gasteiger partial charge in [-0.3, -0.25) is 9.69 Å². The predicted octanol–water partition coefficient (Wildman–Crippen LogP) is 2.45. The number of carboxylic acid groups (broad SMARTS) is 1. The Bertz CT molecular complexity index is 694. The van der Waals surface area contributed by atoms with E-state index >= 15 is 0 Å². The minimum atomic E-state index is -0.858. The number of fused-ring (bicyclic) bond motifs is 1. The molecule has 0 unspecified atom stereocenters. The Labute approximate surface area is 134 Å². The Balaban J connectivity index is 1.75. The van der Waals surface area contributed by atoms with Crippen molar-refractivity contribution in [1.29, 1.82) is 0 Å². The lowest BCUT2D eigenvalue weighted by atomic mass is 10.1. The molecule has 0 amide bonds. The van der Waals surface area contributed by atoms with Gasteiger partial charge in [0.15, 0.2) is 11.5 Å². The maximum atomic E-state index is 11.1. The first-order valence-corrected chi connectivity index (χ1v) is 7.47. The zero-order chi connectivity index (χ0) is 16.2. The van der Waals surface area contributed by atoms with Gasteiger partial charge in [-0.05, 0) is 30.7 Å². The molecule has 1 aliphatic rings. The van der Waals surface area contributed by atoms with E-state index in [1.54, 1.807) is 6.26 Å². The molecule has 2 heterocycles. The van der Waals surface area contributed by atoms with Gasteiger partial charge in [-0.1, -0.05) is 6.07 Å². The molecule has 3 rings (SSSR count). The van der Waals surface area contributed by atoms with E-state index in [-0.39, 0.29) is 6.54 Å². The molecule has 1 aromatic heterocycles. The van der Waals surface area contributed by atoms with Crippen LogP contribution in [-0.2, 0) is 17.9 Å². The van der Waals surface area contributed by atoms with Crippen molar-refractivity contribution in [3.63, 3.8) is 0 Å².